The lowest BCUT2D eigenvalue weighted by atomic mass is 10.1. The Labute approximate surface area is 179 Å². The average molecular weight is 419 g/mol. The van der Waals surface area contributed by atoms with Crippen molar-refractivity contribution in [2.75, 3.05) is 0 Å². The first-order valence-electron chi connectivity index (χ1n) is 9.29. The van der Waals surface area contributed by atoms with Crippen LogP contribution in [0, 0.1) is 0 Å². The lowest BCUT2D eigenvalue weighted by Gasteiger charge is -2.24. The van der Waals surface area contributed by atoms with Gasteiger partial charge in [0.05, 0.1) is 16.6 Å². The average Bonchev–Trinajstić information content (AvgIpc) is 3.05. The van der Waals surface area contributed by atoms with Gasteiger partial charge < -0.3 is 0 Å². The zero-order chi connectivity index (χ0) is 20.2. The number of amides is 1. The van der Waals surface area contributed by atoms with Gasteiger partial charge in [-0.3, -0.25) is 9.69 Å². The van der Waals surface area contributed by atoms with E-state index in [-0.39, 0.29) is 11.9 Å². The summed E-state index contributed by atoms with van der Waals surface area (Å²) in [5, 5.41) is 1.35. The molecule has 3 nitrogen and oxygen atoms in total. The quantitative estimate of drug-likeness (QED) is 0.441. The zero-order valence-electron chi connectivity index (χ0n) is 15.8. The monoisotopic (exact) mass is 418 g/mol. The van der Waals surface area contributed by atoms with Crippen LogP contribution in [0.4, 0.5) is 5.69 Å². The van der Waals surface area contributed by atoms with Crippen LogP contribution in [0.15, 0.2) is 94.8 Å². The summed E-state index contributed by atoms with van der Waals surface area (Å²) in [4.78, 5) is 20.5. The number of hydrogen-bond donors (Lipinski definition) is 0. The van der Waals surface area contributed by atoms with Gasteiger partial charge in [0, 0.05) is 5.02 Å². The van der Waals surface area contributed by atoms with Crippen molar-refractivity contribution in [2.45, 2.75) is 13.0 Å². The summed E-state index contributed by atoms with van der Waals surface area (Å²) < 4.78 is 0. The second-order valence-electron chi connectivity index (χ2n) is 6.65. The van der Waals surface area contributed by atoms with Crippen LogP contribution in [0.5, 0.6) is 0 Å². The molecule has 3 aromatic carbocycles. The number of carbonyl (C=O) groups is 1. The van der Waals surface area contributed by atoms with Crippen LogP contribution in [-0.4, -0.2) is 16.0 Å². The van der Waals surface area contributed by atoms with Crippen LogP contribution in [-0.2, 0) is 4.79 Å². The lowest BCUT2D eigenvalue weighted by molar-refractivity contribution is -0.123. The van der Waals surface area contributed by atoms with E-state index < -0.39 is 0 Å². The zero-order valence-corrected chi connectivity index (χ0v) is 17.4. The first-order chi connectivity index (χ1) is 14.1. The maximum atomic E-state index is 13.3. The van der Waals surface area contributed by atoms with Gasteiger partial charge in [0.15, 0.2) is 5.17 Å². The predicted molar refractivity (Wildman–Crippen MR) is 122 cm³/mol. The summed E-state index contributed by atoms with van der Waals surface area (Å²) in [5.74, 6) is -0.0454. The molecule has 1 aliphatic heterocycles. The molecule has 0 aromatic heterocycles. The largest absolute Gasteiger partial charge is 0.279 e. The fourth-order valence-electron chi connectivity index (χ4n) is 3.11. The minimum absolute atomic E-state index is 0.0454. The first kappa shape index (κ1) is 19.5. The number of hydrogen-bond acceptors (Lipinski definition) is 3. The highest BCUT2D eigenvalue weighted by atomic mass is 35.5. The van der Waals surface area contributed by atoms with Gasteiger partial charge in [-0.2, -0.15) is 0 Å². The van der Waals surface area contributed by atoms with Crippen molar-refractivity contribution in [1.82, 2.24) is 4.90 Å². The molecular formula is C24H19ClN2OS. The van der Waals surface area contributed by atoms with Crippen LogP contribution in [0.3, 0.4) is 0 Å². The number of aliphatic imine (C=N–C) groups is 1. The Morgan fingerprint density at radius 1 is 0.931 bits per heavy atom. The molecule has 0 bridgehead atoms. The fraction of sp³-hybridized carbons (Fsp3) is 0.0833. The molecule has 1 atom stereocenters. The number of para-hydroxylation sites is 1. The molecule has 0 aliphatic carbocycles. The SMILES string of the molecule is C[C@H](c1ccccc1)N1C(=O)/C(=C\c2ccc(Cl)cc2)SC1=Nc1ccccc1. The fourth-order valence-corrected chi connectivity index (χ4v) is 4.30. The molecule has 1 amide bonds. The topological polar surface area (TPSA) is 32.7 Å². The van der Waals surface area contributed by atoms with E-state index in [1.165, 1.54) is 11.8 Å². The van der Waals surface area contributed by atoms with Crippen LogP contribution >= 0.6 is 23.4 Å². The molecule has 0 saturated carbocycles. The van der Waals surface area contributed by atoms with Gasteiger partial charge in [-0.15, -0.1) is 0 Å². The van der Waals surface area contributed by atoms with E-state index in [0.717, 1.165) is 16.8 Å². The molecule has 4 rings (SSSR count). The van der Waals surface area contributed by atoms with Gasteiger partial charge in [-0.05, 0) is 60.2 Å². The van der Waals surface area contributed by atoms with Crippen LogP contribution < -0.4 is 0 Å². The summed E-state index contributed by atoms with van der Waals surface area (Å²) in [6.45, 7) is 2.03. The molecular weight excluding hydrogens is 400 g/mol. The van der Waals surface area contributed by atoms with E-state index in [4.69, 9.17) is 16.6 Å². The van der Waals surface area contributed by atoms with Crippen molar-refractivity contribution in [3.05, 3.63) is 106 Å². The van der Waals surface area contributed by atoms with E-state index in [0.29, 0.717) is 15.1 Å². The molecule has 29 heavy (non-hydrogen) atoms. The van der Waals surface area contributed by atoms with Gasteiger partial charge in [-0.1, -0.05) is 72.3 Å². The number of thioether (sulfide) groups is 1. The Bertz CT molecular complexity index is 1060. The smallest absolute Gasteiger partial charge is 0.267 e. The minimum Gasteiger partial charge on any atom is -0.279 e. The third-order valence-corrected chi connectivity index (χ3v) is 5.89. The summed E-state index contributed by atoms with van der Waals surface area (Å²) in [6.07, 6.45) is 1.89. The van der Waals surface area contributed by atoms with Crippen molar-refractivity contribution < 1.29 is 4.79 Å². The Kier molecular flexibility index (Phi) is 5.84. The first-order valence-corrected chi connectivity index (χ1v) is 10.5. The summed E-state index contributed by atoms with van der Waals surface area (Å²) >= 11 is 7.38. The summed E-state index contributed by atoms with van der Waals surface area (Å²) in [5.41, 5.74) is 2.81. The molecule has 0 unspecified atom stereocenters. The number of amidine groups is 1. The Morgan fingerprint density at radius 3 is 2.21 bits per heavy atom. The van der Waals surface area contributed by atoms with Gasteiger partial charge in [0.1, 0.15) is 0 Å². The van der Waals surface area contributed by atoms with Crippen molar-refractivity contribution >= 4 is 46.2 Å². The summed E-state index contributed by atoms with van der Waals surface area (Å²) in [6, 6.07) is 27.0. The van der Waals surface area contributed by atoms with Crippen molar-refractivity contribution in [1.29, 1.82) is 0 Å². The second kappa shape index (κ2) is 8.68. The predicted octanol–water partition coefficient (Wildman–Crippen LogP) is 6.71. The Hall–Kier alpha value is -2.82. The van der Waals surface area contributed by atoms with Crippen molar-refractivity contribution in [3.63, 3.8) is 0 Å². The van der Waals surface area contributed by atoms with Crippen LogP contribution in [0.25, 0.3) is 6.08 Å². The molecule has 1 saturated heterocycles. The van der Waals surface area contributed by atoms with Gasteiger partial charge >= 0.3 is 0 Å². The molecule has 1 fully saturated rings. The molecule has 0 N–H and O–H groups in total. The number of nitrogens with zero attached hydrogens (tertiary/aromatic N) is 2. The van der Waals surface area contributed by atoms with Gasteiger partial charge in [-0.25, -0.2) is 4.99 Å². The summed E-state index contributed by atoms with van der Waals surface area (Å²) in [7, 11) is 0. The molecule has 0 radical (unpaired) electrons. The molecule has 3 aromatic rings. The molecule has 1 aliphatic rings. The Morgan fingerprint density at radius 2 is 1.55 bits per heavy atom. The standard InChI is InChI=1S/C24H19ClN2OS/c1-17(19-8-4-2-5-9-19)27-23(28)22(16-18-12-14-20(25)15-13-18)29-24(27)26-21-10-6-3-7-11-21/h2-17H,1H3/b22-16+,26-24?/t17-/m1/s1. The van der Waals surface area contributed by atoms with Gasteiger partial charge in [0.2, 0.25) is 0 Å². The van der Waals surface area contributed by atoms with Crippen LogP contribution in [0.1, 0.15) is 24.1 Å². The second-order valence-corrected chi connectivity index (χ2v) is 8.10. The highest BCUT2D eigenvalue weighted by Gasteiger charge is 2.37. The Balaban J connectivity index is 1.74. The maximum Gasteiger partial charge on any atom is 0.267 e. The highest BCUT2D eigenvalue weighted by molar-refractivity contribution is 8.18. The molecule has 144 valence electrons. The van der Waals surface area contributed by atoms with E-state index >= 15 is 0 Å². The van der Waals surface area contributed by atoms with E-state index in [9.17, 15) is 4.79 Å². The maximum absolute atomic E-state index is 13.3. The van der Waals surface area contributed by atoms with Gasteiger partial charge in [0.25, 0.3) is 5.91 Å². The number of carbonyl (C=O) groups excluding carboxylic acids is 1. The molecule has 0 spiro atoms. The number of rotatable bonds is 4. The highest BCUT2D eigenvalue weighted by Crippen LogP contribution is 2.39. The van der Waals surface area contributed by atoms with Crippen molar-refractivity contribution in [2.24, 2.45) is 4.99 Å². The van der Waals surface area contributed by atoms with E-state index in [1.807, 2.05) is 97.9 Å². The van der Waals surface area contributed by atoms with E-state index in [1.54, 1.807) is 4.90 Å². The molecule has 1 heterocycles. The lowest BCUT2D eigenvalue weighted by Crippen LogP contribution is -2.32. The number of halogens is 1. The number of benzene rings is 3. The van der Waals surface area contributed by atoms with E-state index in [2.05, 4.69) is 0 Å². The van der Waals surface area contributed by atoms with Crippen LogP contribution in [0.2, 0.25) is 5.02 Å². The molecule has 5 heteroatoms. The normalized spacial score (nSPS) is 17.9. The third-order valence-electron chi connectivity index (χ3n) is 4.65. The van der Waals surface area contributed by atoms with Crippen molar-refractivity contribution in [3.8, 4) is 0 Å². The minimum atomic E-state index is -0.130. The third kappa shape index (κ3) is 4.44.